The van der Waals surface area contributed by atoms with Crippen molar-refractivity contribution < 1.29 is 4.79 Å². The van der Waals surface area contributed by atoms with Gasteiger partial charge < -0.3 is 4.90 Å². The van der Waals surface area contributed by atoms with Gasteiger partial charge in [-0.1, -0.05) is 12.5 Å². The summed E-state index contributed by atoms with van der Waals surface area (Å²) in [4.78, 5) is 15.3. The molecule has 3 nitrogen and oxygen atoms in total. The van der Waals surface area contributed by atoms with Crippen LogP contribution in [0.1, 0.15) is 30.3 Å². The predicted octanol–water partition coefficient (Wildman–Crippen LogP) is 2.46. The van der Waals surface area contributed by atoms with Gasteiger partial charge in [0.1, 0.15) is 6.17 Å². The molecule has 18 heavy (non-hydrogen) atoms. The third-order valence-electron chi connectivity index (χ3n) is 3.57. The SMILES string of the molecule is O=C1CNC(c2cccs2)N1CC1CCCCS1. The number of thiophene rings is 1. The highest BCUT2D eigenvalue weighted by Gasteiger charge is 2.34. The summed E-state index contributed by atoms with van der Waals surface area (Å²) in [6, 6.07) is 4.17. The lowest BCUT2D eigenvalue weighted by Gasteiger charge is -2.29. The number of rotatable bonds is 3. The Hall–Kier alpha value is -0.520. The fourth-order valence-corrected chi connectivity index (χ4v) is 4.73. The second-order valence-electron chi connectivity index (χ2n) is 4.83. The van der Waals surface area contributed by atoms with Crippen LogP contribution in [0.4, 0.5) is 0 Å². The van der Waals surface area contributed by atoms with E-state index in [0.717, 1.165) is 6.54 Å². The minimum absolute atomic E-state index is 0.111. The van der Waals surface area contributed by atoms with Gasteiger partial charge in [0.15, 0.2) is 0 Å². The predicted molar refractivity (Wildman–Crippen MR) is 76.9 cm³/mol. The first-order chi connectivity index (χ1) is 8.84. The molecule has 2 aliphatic heterocycles. The van der Waals surface area contributed by atoms with Gasteiger partial charge in [-0.25, -0.2) is 0 Å². The van der Waals surface area contributed by atoms with Gasteiger partial charge in [-0.2, -0.15) is 11.8 Å². The van der Waals surface area contributed by atoms with Crippen LogP contribution in [-0.4, -0.2) is 34.9 Å². The molecule has 3 rings (SSSR count). The smallest absolute Gasteiger partial charge is 0.238 e. The number of hydrogen-bond acceptors (Lipinski definition) is 4. The summed E-state index contributed by atoms with van der Waals surface area (Å²) in [6.07, 6.45) is 4.02. The summed E-state index contributed by atoms with van der Waals surface area (Å²) in [5, 5.41) is 6.03. The van der Waals surface area contributed by atoms with E-state index >= 15 is 0 Å². The highest BCUT2D eigenvalue weighted by molar-refractivity contribution is 7.99. The van der Waals surface area contributed by atoms with Crippen LogP contribution in [0.5, 0.6) is 0 Å². The Bertz CT molecular complexity index is 401. The fraction of sp³-hybridized carbons (Fsp3) is 0.615. The molecule has 2 aliphatic rings. The minimum Gasteiger partial charge on any atom is -0.320 e. The molecule has 2 fully saturated rings. The van der Waals surface area contributed by atoms with Gasteiger partial charge in [0, 0.05) is 16.7 Å². The summed E-state index contributed by atoms with van der Waals surface area (Å²) in [6.45, 7) is 1.39. The molecule has 1 amide bonds. The summed E-state index contributed by atoms with van der Waals surface area (Å²) >= 11 is 3.76. The van der Waals surface area contributed by atoms with Crippen LogP contribution in [0.3, 0.4) is 0 Å². The van der Waals surface area contributed by atoms with Crippen LogP contribution in [0.2, 0.25) is 0 Å². The Morgan fingerprint density at radius 2 is 2.39 bits per heavy atom. The highest BCUT2D eigenvalue weighted by Crippen LogP contribution is 2.31. The molecule has 0 spiro atoms. The molecule has 98 valence electrons. The number of amides is 1. The minimum atomic E-state index is 0.111. The van der Waals surface area contributed by atoms with E-state index in [0.29, 0.717) is 11.8 Å². The molecule has 1 N–H and O–H groups in total. The lowest BCUT2D eigenvalue weighted by atomic mass is 10.2. The van der Waals surface area contributed by atoms with E-state index in [1.807, 2.05) is 16.7 Å². The van der Waals surface area contributed by atoms with Crippen LogP contribution in [-0.2, 0) is 4.79 Å². The lowest BCUT2D eigenvalue weighted by molar-refractivity contribution is -0.128. The van der Waals surface area contributed by atoms with Crippen molar-refractivity contribution in [1.82, 2.24) is 10.2 Å². The zero-order valence-electron chi connectivity index (χ0n) is 10.3. The maximum atomic E-state index is 12.0. The fourth-order valence-electron chi connectivity index (χ4n) is 2.62. The number of hydrogen-bond donors (Lipinski definition) is 1. The molecule has 0 saturated carbocycles. The van der Waals surface area contributed by atoms with Crippen molar-refractivity contribution in [3.63, 3.8) is 0 Å². The number of carbonyl (C=O) groups is 1. The Labute approximate surface area is 116 Å². The summed E-state index contributed by atoms with van der Waals surface area (Å²) < 4.78 is 0. The van der Waals surface area contributed by atoms with E-state index in [2.05, 4.69) is 22.8 Å². The third-order valence-corrected chi connectivity index (χ3v) is 5.87. The second kappa shape index (κ2) is 5.63. The average molecular weight is 282 g/mol. The van der Waals surface area contributed by atoms with Crippen LogP contribution in [0.25, 0.3) is 0 Å². The maximum absolute atomic E-state index is 12.0. The van der Waals surface area contributed by atoms with E-state index in [9.17, 15) is 4.79 Å². The molecule has 0 radical (unpaired) electrons. The van der Waals surface area contributed by atoms with Crippen molar-refractivity contribution in [2.45, 2.75) is 30.7 Å². The molecule has 0 bridgehead atoms. The number of carbonyl (C=O) groups excluding carboxylic acids is 1. The lowest BCUT2D eigenvalue weighted by Crippen LogP contribution is -2.36. The second-order valence-corrected chi connectivity index (χ2v) is 7.22. The summed E-state index contributed by atoms with van der Waals surface area (Å²) in [7, 11) is 0. The Balaban J connectivity index is 1.69. The Morgan fingerprint density at radius 1 is 1.44 bits per heavy atom. The maximum Gasteiger partial charge on any atom is 0.238 e. The molecular formula is C13H18N2OS2. The monoisotopic (exact) mass is 282 g/mol. The Kier molecular flexibility index (Phi) is 3.91. The van der Waals surface area contributed by atoms with Crippen LogP contribution in [0.15, 0.2) is 17.5 Å². The van der Waals surface area contributed by atoms with Gasteiger partial charge in [0.05, 0.1) is 6.54 Å². The molecule has 2 saturated heterocycles. The van der Waals surface area contributed by atoms with E-state index in [1.54, 1.807) is 11.3 Å². The van der Waals surface area contributed by atoms with E-state index < -0.39 is 0 Å². The summed E-state index contributed by atoms with van der Waals surface area (Å²) in [5.41, 5.74) is 0. The molecule has 2 atom stereocenters. The highest BCUT2D eigenvalue weighted by atomic mass is 32.2. The van der Waals surface area contributed by atoms with E-state index in [-0.39, 0.29) is 12.1 Å². The molecule has 2 unspecified atom stereocenters. The van der Waals surface area contributed by atoms with Crippen molar-refractivity contribution in [2.75, 3.05) is 18.8 Å². The van der Waals surface area contributed by atoms with Crippen molar-refractivity contribution in [2.24, 2.45) is 0 Å². The standard InChI is InChI=1S/C13H18N2OS2/c16-12-8-14-13(11-5-3-7-18-11)15(12)9-10-4-1-2-6-17-10/h3,5,7,10,13-14H,1-2,4,6,8-9H2. The van der Waals surface area contributed by atoms with Gasteiger partial charge in [-0.05, 0) is 30.0 Å². The van der Waals surface area contributed by atoms with Crippen molar-refractivity contribution >= 4 is 29.0 Å². The topological polar surface area (TPSA) is 32.3 Å². The molecular weight excluding hydrogens is 264 g/mol. The van der Waals surface area contributed by atoms with Gasteiger partial charge >= 0.3 is 0 Å². The van der Waals surface area contributed by atoms with Crippen LogP contribution >= 0.6 is 23.1 Å². The average Bonchev–Trinajstić information content (AvgIpc) is 3.02. The molecule has 0 aliphatic carbocycles. The molecule has 5 heteroatoms. The summed E-state index contributed by atoms with van der Waals surface area (Å²) in [5.74, 6) is 1.50. The number of thioether (sulfide) groups is 1. The van der Waals surface area contributed by atoms with Crippen molar-refractivity contribution in [3.8, 4) is 0 Å². The quantitative estimate of drug-likeness (QED) is 0.924. The molecule has 1 aromatic heterocycles. The largest absolute Gasteiger partial charge is 0.320 e. The first-order valence-corrected chi connectivity index (χ1v) is 8.45. The Morgan fingerprint density at radius 3 is 3.11 bits per heavy atom. The van der Waals surface area contributed by atoms with Crippen LogP contribution < -0.4 is 5.32 Å². The first-order valence-electron chi connectivity index (χ1n) is 6.52. The normalized spacial score (nSPS) is 28.9. The molecule has 1 aromatic rings. The van der Waals surface area contributed by atoms with Crippen molar-refractivity contribution in [1.29, 1.82) is 0 Å². The van der Waals surface area contributed by atoms with E-state index in [1.165, 1.54) is 29.9 Å². The molecule has 3 heterocycles. The van der Waals surface area contributed by atoms with Gasteiger partial charge in [0.2, 0.25) is 5.91 Å². The number of nitrogens with zero attached hydrogens (tertiary/aromatic N) is 1. The zero-order valence-corrected chi connectivity index (χ0v) is 11.9. The van der Waals surface area contributed by atoms with Crippen LogP contribution in [0, 0.1) is 0 Å². The zero-order chi connectivity index (χ0) is 12.4. The third kappa shape index (κ3) is 2.58. The first kappa shape index (κ1) is 12.5. The number of nitrogens with one attached hydrogen (secondary N) is 1. The van der Waals surface area contributed by atoms with Crippen molar-refractivity contribution in [3.05, 3.63) is 22.4 Å². The van der Waals surface area contributed by atoms with E-state index in [4.69, 9.17) is 0 Å². The van der Waals surface area contributed by atoms with Gasteiger partial charge in [0.25, 0.3) is 0 Å². The molecule has 0 aromatic carbocycles. The van der Waals surface area contributed by atoms with Gasteiger partial charge in [-0.15, -0.1) is 11.3 Å². The van der Waals surface area contributed by atoms with Gasteiger partial charge in [-0.3, -0.25) is 10.1 Å².